The van der Waals surface area contributed by atoms with Gasteiger partial charge in [0.1, 0.15) is 5.65 Å². The Balaban J connectivity index is 1.05. The third-order valence-electron chi connectivity index (χ3n) is 7.35. The van der Waals surface area contributed by atoms with Crippen molar-refractivity contribution in [2.75, 3.05) is 31.1 Å². The molecule has 1 amide bonds. The summed E-state index contributed by atoms with van der Waals surface area (Å²) in [6, 6.07) is 10.7. The van der Waals surface area contributed by atoms with Gasteiger partial charge in [-0.15, -0.1) is 11.3 Å². The molecule has 1 aliphatic carbocycles. The summed E-state index contributed by atoms with van der Waals surface area (Å²) in [4.78, 5) is 29.9. The van der Waals surface area contributed by atoms with Crippen molar-refractivity contribution in [3.8, 4) is 11.4 Å². The summed E-state index contributed by atoms with van der Waals surface area (Å²) in [6.45, 7) is 6.57. The lowest BCUT2D eigenvalue weighted by molar-refractivity contribution is -0.141. The number of aromatic nitrogens is 3. The van der Waals surface area contributed by atoms with Gasteiger partial charge in [-0.25, -0.2) is 9.97 Å². The number of H-pyrrole nitrogens is 1. The van der Waals surface area contributed by atoms with Crippen LogP contribution in [0.1, 0.15) is 23.4 Å². The molecule has 0 spiro atoms. The van der Waals surface area contributed by atoms with Crippen LogP contribution < -0.4 is 4.90 Å². The van der Waals surface area contributed by atoms with Crippen LogP contribution in [0.15, 0.2) is 52.9 Å². The Bertz CT molecular complexity index is 1580. The van der Waals surface area contributed by atoms with Crippen LogP contribution in [0.4, 0.5) is 5.69 Å². The SMILES string of the molecule is Cc1ccc(S(=O)(=O)O[C@H]2C[C@@H](C(=O)N3CCN(c4ccnc5[nH]c(-c6csc(C)n6)cc45)CC3)C2)cc1. The Hall–Kier alpha value is -3.28. The first-order valence-corrected chi connectivity index (χ1v) is 15.0. The van der Waals surface area contributed by atoms with E-state index >= 15 is 0 Å². The normalized spacial score (nSPS) is 20.1. The van der Waals surface area contributed by atoms with E-state index in [1.54, 1.807) is 41.8 Å². The number of piperazine rings is 1. The average molecular weight is 552 g/mol. The van der Waals surface area contributed by atoms with Crippen LogP contribution >= 0.6 is 11.3 Å². The average Bonchev–Trinajstić information content (AvgIpc) is 3.52. The zero-order valence-electron chi connectivity index (χ0n) is 21.3. The van der Waals surface area contributed by atoms with E-state index in [0.717, 1.165) is 51.8 Å². The first kappa shape index (κ1) is 25.0. The molecular formula is C27H29N5O4S2. The van der Waals surface area contributed by atoms with Crippen LogP contribution in [0.5, 0.6) is 0 Å². The van der Waals surface area contributed by atoms with Gasteiger partial charge in [0.15, 0.2) is 0 Å². The standard InChI is InChI=1S/C27H29N5O4S2/c1-17-3-5-21(6-4-17)38(34,35)36-20-13-19(14-20)27(33)32-11-9-31(10-12-32)25-7-8-28-26-22(25)15-23(30-26)24-16-37-18(2)29-24/h3-8,15-16,19-20H,9-14H2,1-2H3,(H,28,30)/t19-,20+. The largest absolute Gasteiger partial charge is 0.367 e. The first-order valence-electron chi connectivity index (χ1n) is 12.7. The number of aryl methyl sites for hydroxylation is 2. The highest BCUT2D eigenvalue weighted by Gasteiger charge is 2.40. The van der Waals surface area contributed by atoms with Crippen molar-refractivity contribution >= 4 is 44.1 Å². The van der Waals surface area contributed by atoms with Gasteiger partial charge in [0, 0.05) is 54.7 Å². The minimum atomic E-state index is -3.82. The second kappa shape index (κ2) is 9.79. The maximum atomic E-state index is 13.1. The van der Waals surface area contributed by atoms with E-state index in [4.69, 9.17) is 4.18 Å². The summed E-state index contributed by atoms with van der Waals surface area (Å²) >= 11 is 1.62. The zero-order valence-corrected chi connectivity index (χ0v) is 22.9. The van der Waals surface area contributed by atoms with Gasteiger partial charge in [0.25, 0.3) is 10.1 Å². The van der Waals surface area contributed by atoms with E-state index in [1.807, 2.05) is 30.2 Å². The molecule has 0 bridgehead atoms. The van der Waals surface area contributed by atoms with Crippen molar-refractivity contribution in [2.45, 2.75) is 37.7 Å². The fourth-order valence-corrected chi connectivity index (χ4v) is 6.83. The van der Waals surface area contributed by atoms with E-state index in [1.165, 1.54) is 0 Å². The number of fused-ring (bicyclic) bond motifs is 1. The predicted octanol–water partition coefficient (Wildman–Crippen LogP) is 4.14. The van der Waals surface area contributed by atoms with Gasteiger partial charge in [-0.05, 0) is 51.0 Å². The van der Waals surface area contributed by atoms with Gasteiger partial charge in [-0.2, -0.15) is 8.42 Å². The topological polar surface area (TPSA) is 108 Å². The smallest absolute Gasteiger partial charge is 0.297 e. The lowest BCUT2D eigenvalue weighted by Gasteiger charge is -2.41. The summed E-state index contributed by atoms with van der Waals surface area (Å²) < 4.78 is 30.5. The fraction of sp³-hybridized carbons (Fsp3) is 0.370. The number of hydrogen-bond donors (Lipinski definition) is 1. The van der Waals surface area contributed by atoms with Crippen LogP contribution in [0.2, 0.25) is 0 Å². The maximum Gasteiger partial charge on any atom is 0.297 e. The maximum absolute atomic E-state index is 13.1. The van der Waals surface area contributed by atoms with Gasteiger partial charge in [0.05, 0.1) is 27.4 Å². The molecule has 1 saturated heterocycles. The van der Waals surface area contributed by atoms with Crippen molar-refractivity contribution in [1.29, 1.82) is 0 Å². The highest BCUT2D eigenvalue weighted by atomic mass is 32.2. The fourth-order valence-electron chi connectivity index (χ4n) is 5.13. The summed E-state index contributed by atoms with van der Waals surface area (Å²) in [5.74, 6) is -0.110. The second-order valence-corrected chi connectivity index (χ2v) is 12.6. The number of amides is 1. The molecule has 3 aromatic heterocycles. The van der Waals surface area contributed by atoms with Crippen molar-refractivity contribution in [1.82, 2.24) is 19.9 Å². The molecule has 4 aromatic rings. The van der Waals surface area contributed by atoms with Crippen molar-refractivity contribution in [3.63, 3.8) is 0 Å². The Morgan fingerprint density at radius 1 is 1.08 bits per heavy atom. The minimum absolute atomic E-state index is 0.0833. The lowest BCUT2D eigenvalue weighted by Crippen LogP contribution is -2.53. The number of pyridine rings is 1. The first-order chi connectivity index (χ1) is 18.3. The highest BCUT2D eigenvalue weighted by molar-refractivity contribution is 7.86. The minimum Gasteiger partial charge on any atom is -0.367 e. The van der Waals surface area contributed by atoms with Gasteiger partial charge in [0.2, 0.25) is 5.91 Å². The van der Waals surface area contributed by atoms with Gasteiger partial charge in [-0.3, -0.25) is 8.98 Å². The number of anilines is 1. The van der Waals surface area contributed by atoms with Crippen molar-refractivity contribution in [3.05, 3.63) is 58.5 Å². The second-order valence-electron chi connectivity index (χ2n) is 9.99. The summed E-state index contributed by atoms with van der Waals surface area (Å²) in [7, 11) is -3.82. The number of nitrogens with zero attached hydrogens (tertiary/aromatic N) is 4. The summed E-state index contributed by atoms with van der Waals surface area (Å²) in [5, 5.41) is 4.10. The molecule has 0 unspecified atom stereocenters. The molecule has 0 radical (unpaired) electrons. The molecule has 2 aliphatic rings. The Morgan fingerprint density at radius 3 is 2.50 bits per heavy atom. The van der Waals surface area contributed by atoms with E-state index in [-0.39, 0.29) is 16.7 Å². The number of rotatable bonds is 6. The van der Waals surface area contributed by atoms with Gasteiger partial charge in [-0.1, -0.05) is 17.7 Å². The van der Waals surface area contributed by atoms with E-state index < -0.39 is 16.2 Å². The van der Waals surface area contributed by atoms with Crippen LogP contribution in [-0.2, 0) is 19.1 Å². The number of aromatic amines is 1. The zero-order chi connectivity index (χ0) is 26.4. The van der Waals surface area contributed by atoms with Gasteiger partial charge >= 0.3 is 0 Å². The van der Waals surface area contributed by atoms with E-state index in [2.05, 4.69) is 25.9 Å². The molecule has 6 rings (SSSR count). The van der Waals surface area contributed by atoms with Crippen LogP contribution in [0, 0.1) is 19.8 Å². The molecule has 4 heterocycles. The third kappa shape index (κ3) is 4.81. The number of hydrogen-bond acceptors (Lipinski definition) is 8. The number of carbonyl (C=O) groups is 1. The van der Waals surface area contributed by atoms with Crippen LogP contribution in [0.3, 0.4) is 0 Å². The van der Waals surface area contributed by atoms with Crippen LogP contribution in [0.25, 0.3) is 22.4 Å². The molecule has 1 saturated carbocycles. The predicted molar refractivity (Wildman–Crippen MR) is 147 cm³/mol. The Labute approximate surface area is 225 Å². The summed E-state index contributed by atoms with van der Waals surface area (Å²) in [5.41, 5.74) is 4.76. The quantitative estimate of drug-likeness (QED) is 0.359. The molecule has 1 N–H and O–H groups in total. The highest BCUT2D eigenvalue weighted by Crippen LogP contribution is 2.35. The van der Waals surface area contributed by atoms with Crippen molar-refractivity contribution in [2.24, 2.45) is 5.92 Å². The Morgan fingerprint density at radius 2 is 1.82 bits per heavy atom. The molecule has 9 nitrogen and oxygen atoms in total. The monoisotopic (exact) mass is 551 g/mol. The molecule has 1 aliphatic heterocycles. The van der Waals surface area contributed by atoms with Crippen molar-refractivity contribution < 1.29 is 17.4 Å². The number of carbonyl (C=O) groups excluding carboxylic acids is 1. The Kier molecular flexibility index (Phi) is 6.45. The van der Waals surface area contributed by atoms with Crippen LogP contribution in [-0.4, -0.2) is 66.5 Å². The number of thiazole rings is 1. The molecule has 1 aromatic carbocycles. The molecular weight excluding hydrogens is 522 g/mol. The number of benzene rings is 1. The van der Waals surface area contributed by atoms with E-state index in [0.29, 0.717) is 25.9 Å². The summed E-state index contributed by atoms with van der Waals surface area (Å²) in [6.07, 6.45) is 2.21. The van der Waals surface area contributed by atoms with E-state index in [9.17, 15) is 13.2 Å². The molecule has 38 heavy (non-hydrogen) atoms. The third-order valence-corrected chi connectivity index (χ3v) is 9.50. The molecule has 0 atom stereocenters. The lowest BCUT2D eigenvalue weighted by atomic mass is 9.81. The number of nitrogens with one attached hydrogen (secondary N) is 1. The molecule has 2 fully saturated rings. The van der Waals surface area contributed by atoms with Gasteiger partial charge < -0.3 is 14.8 Å². The molecule has 11 heteroatoms. The molecule has 198 valence electrons.